The van der Waals surface area contributed by atoms with Gasteiger partial charge in [0.2, 0.25) is 5.91 Å². The summed E-state index contributed by atoms with van der Waals surface area (Å²) in [5.74, 6) is 2.08. The van der Waals surface area contributed by atoms with Gasteiger partial charge in [0.1, 0.15) is 5.82 Å². The molecule has 1 fully saturated rings. The van der Waals surface area contributed by atoms with Crippen LogP contribution in [0, 0.1) is 5.92 Å². The van der Waals surface area contributed by atoms with Crippen LogP contribution in [-0.2, 0) is 17.8 Å². The first-order valence-corrected chi connectivity index (χ1v) is 8.46. The molecule has 5 heteroatoms. The molecule has 0 aromatic carbocycles. The van der Waals surface area contributed by atoms with E-state index in [1.54, 1.807) is 0 Å². The molecule has 3 heterocycles. The number of rotatable bonds is 3. The van der Waals surface area contributed by atoms with Crippen molar-refractivity contribution in [3.05, 3.63) is 23.3 Å². The van der Waals surface area contributed by atoms with Crippen molar-refractivity contribution in [2.75, 3.05) is 19.6 Å². The van der Waals surface area contributed by atoms with Gasteiger partial charge in [-0.25, -0.2) is 9.97 Å². The number of nitrogens with zero attached hydrogens (tertiary/aromatic N) is 3. The summed E-state index contributed by atoms with van der Waals surface area (Å²) in [6.07, 6.45) is 5.80. The smallest absolute Gasteiger partial charge is 0.223 e. The number of carbonyl (C=O) groups is 1. The number of hydrogen-bond donors (Lipinski definition) is 1. The van der Waals surface area contributed by atoms with E-state index in [1.165, 1.54) is 12.8 Å². The second-order valence-corrected chi connectivity index (χ2v) is 6.91. The predicted molar refractivity (Wildman–Crippen MR) is 85.5 cm³/mol. The Hall–Kier alpha value is -1.49. The number of fused-ring (bicyclic) bond motifs is 1. The molecule has 1 amide bonds. The van der Waals surface area contributed by atoms with E-state index < -0.39 is 0 Å². The minimum Gasteiger partial charge on any atom is -0.338 e. The maximum absolute atomic E-state index is 12.2. The van der Waals surface area contributed by atoms with Gasteiger partial charge in [-0.15, -0.1) is 0 Å². The molecule has 0 unspecified atom stereocenters. The second-order valence-electron chi connectivity index (χ2n) is 6.91. The zero-order valence-corrected chi connectivity index (χ0v) is 13.6. The highest BCUT2D eigenvalue weighted by molar-refractivity contribution is 5.76. The average Bonchev–Trinajstić information content (AvgIpc) is 2.54. The van der Waals surface area contributed by atoms with Crippen LogP contribution in [0.4, 0.5) is 0 Å². The summed E-state index contributed by atoms with van der Waals surface area (Å²) in [5.41, 5.74) is 2.26. The lowest BCUT2D eigenvalue weighted by molar-refractivity contribution is -0.132. The molecule has 2 aliphatic rings. The molecule has 0 spiro atoms. The molecule has 0 saturated carbocycles. The molecular formula is C17H26N4O. The Kier molecular flexibility index (Phi) is 4.71. The van der Waals surface area contributed by atoms with Crippen molar-refractivity contribution < 1.29 is 4.79 Å². The molecule has 1 aromatic heterocycles. The minimum atomic E-state index is 0.251. The monoisotopic (exact) mass is 302 g/mol. The Bertz CT molecular complexity index is 537. The zero-order chi connectivity index (χ0) is 15.5. The normalized spacial score (nSPS) is 21.8. The highest BCUT2D eigenvalue weighted by Crippen LogP contribution is 2.23. The fourth-order valence-corrected chi connectivity index (χ4v) is 3.29. The average molecular weight is 302 g/mol. The van der Waals surface area contributed by atoms with Gasteiger partial charge in [-0.1, -0.05) is 13.8 Å². The van der Waals surface area contributed by atoms with Crippen LogP contribution in [0.2, 0.25) is 0 Å². The Morgan fingerprint density at radius 3 is 3.09 bits per heavy atom. The number of nitrogens with one attached hydrogen (secondary N) is 1. The fourth-order valence-electron chi connectivity index (χ4n) is 3.29. The molecule has 5 nitrogen and oxygen atoms in total. The van der Waals surface area contributed by atoms with Crippen LogP contribution in [-0.4, -0.2) is 40.4 Å². The van der Waals surface area contributed by atoms with Crippen LogP contribution < -0.4 is 5.32 Å². The molecule has 1 aromatic rings. The number of piperidine rings is 1. The molecule has 1 atom stereocenters. The topological polar surface area (TPSA) is 58.1 Å². The fraction of sp³-hybridized carbons (Fsp3) is 0.706. The van der Waals surface area contributed by atoms with E-state index in [1.807, 2.05) is 11.1 Å². The molecule has 0 bridgehead atoms. The summed E-state index contributed by atoms with van der Waals surface area (Å²) in [5, 5.41) is 3.42. The van der Waals surface area contributed by atoms with Crippen LogP contribution in [0.3, 0.4) is 0 Å². The van der Waals surface area contributed by atoms with Crippen LogP contribution in [0.5, 0.6) is 0 Å². The molecule has 1 saturated heterocycles. The highest BCUT2D eigenvalue weighted by Gasteiger charge is 2.24. The Morgan fingerprint density at radius 2 is 2.36 bits per heavy atom. The van der Waals surface area contributed by atoms with Crippen molar-refractivity contribution in [2.24, 2.45) is 5.92 Å². The molecule has 120 valence electrons. The lowest BCUT2D eigenvalue weighted by Gasteiger charge is -2.29. The third-order valence-electron chi connectivity index (χ3n) is 4.55. The van der Waals surface area contributed by atoms with Crippen LogP contribution in [0.25, 0.3) is 0 Å². The lowest BCUT2D eigenvalue weighted by atomic mass is 9.98. The third-order valence-corrected chi connectivity index (χ3v) is 4.55. The number of amides is 1. The van der Waals surface area contributed by atoms with Gasteiger partial charge < -0.3 is 10.2 Å². The maximum Gasteiger partial charge on any atom is 0.223 e. The minimum absolute atomic E-state index is 0.251. The van der Waals surface area contributed by atoms with E-state index in [2.05, 4.69) is 24.1 Å². The van der Waals surface area contributed by atoms with Crippen molar-refractivity contribution in [1.29, 1.82) is 0 Å². The Balaban J connectivity index is 1.69. The van der Waals surface area contributed by atoms with Crippen LogP contribution in [0.15, 0.2) is 6.20 Å². The van der Waals surface area contributed by atoms with Crippen LogP contribution in [0.1, 0.15) is 56.1 Å². The summed E-state index contributed by atoms with van der Waals surface area (Å²) in [7, 11) is 0. The third kappa shape index (κ3) is 3.46. The van der Waals surface area contributed by atoms with Gasteiger partial charge in [-0.3, -0.25) is 4.79 Å². The van der Waals surface area contributed by atoms with Gasteiger partial charge in [0.15, 0.2) is 0 Å². The van der Waals surface area contributed by atoms with E-state index in [0.29, 0.717) is 24.8 Å². The zero-order valence-electron chi connectivity index (χ0n) is 13.6. The van der Waals surface area contributed by atoms with Crippen molar-refractivity contribution in [3.63, 3.8) is 0 Å². The van der Waals surface area contributed by atoms with Crippen molar-refractivity contribution in [3.8, 4) is 0 Å². The van der Waals surface area contributed by atoms with E-state index in [9.17, 15) is 4.79 Å². The van der Waals surface area contributed by atoms with Crippen molar-refractivity contribution in [2.45, 2.75) is 52.0 Å². The van der Waals surface area contributed by atoms with Gasteiger partial charge in [0.25, 0.3) is 0 Å². The number of aromatic nitrogens is 2. The van der Waals surface area contributed by atoms with E-state index in [0.717, 1.165) is 43.1 Å². The van der Waals surface area contributed by atoms with Crippen molar-refractivity contribution in [1.82, 2.24) is 20.2 Å². The maximum atomic E-state index is 12.2. The summed E-state index contributed by atoms with van der Waals surface area (Å²) in [6, 6.07) is 0. The first-order valence-electron chi connectivity index (χ1n) is 8.46. The summed E-state index contributed by atoms with van der Waals surface area (Å²) < 4.78 is 0. The molecule has 1 N–H and O–H groups in total. The standard InChI is InChI=1S/C17H26N4O/c1-12(2)8-16(22)21-7-5-15-14(11-21)10-19-17(20-15)13-4-3-6-18-9-13/h10,12-13,18H,3-9,11H2,1-2H3/t13-/m1/s1. The lowest BCUT2D eigenvalue weighted by Crippen LogP contribution is -2.37. The van der Waals surface area contributed by atoms with E-state index in [4.69, 9.17) is 4.98 Å². The second kappa shape index (κ2) is 6.73. The molecular weight excluding hydrogens is 276 g/mol. The molecule has 0 radical (unpaired) electrons. The van der Waals surface area contributed by atoms with Gasteiger partial charge in [-0.2, -0.15) is 0 Å². The number of carbonyl (C=O) groups excluding carboxylic acids is 1. The first-order chi connectivity index (χ1) is 10.6. The Labute approximate surface area is 132 Å². The SMILES string of the molecule is CC(C)CC(=O)N1CCc2nc([C@@H]3CCCNC3)ncc2C1. The molecule has 22 heavy (non-hydrogen) atoms. The molecule has 3 rings (SSSR count). The molecule has 0 aliphatic carbocycles. The first kappa shape index (κ1) is 15.4. The number of hydrogen-bond acceptors (Lipinski definition) is 4. The van der Waals surface area contributed by atoms with Crippen molar-refractivity contribution >= 4 is 5.91 Å². The van der Waals surface area contributed by atoms with Gasteiger partial charge >= 0.3 is 0 Å². The summed E-state index contributed by atoms with van der Waals surface area (Å²) in [6.45, 7) is 7.72. The van der Waals surface area contributed by atoms with Gasteiger partial charge in [0.05, 0.1) is 5.69 Å². The van der Waals surface area contributed by atoms with E-state index in [-0.39, 0.29) is 5.91 Å². The largest absolute Gasteiger partial charge is 0.338 e. The van der Waals surface area contributed by atoms with Crippen LogP contribution >= 0.6 is 0 Å². The van der Waals surface area contributed by atoms with Gasteiger partial charge in [0, 0.05) is 50.2 Å². The Morgan fingerprint density at radius 1 is 1.50 bits per heavy atom. The summed E-state index contributed by atoms with van der Waals surface area (Å²) in [4.78, 5) is 23.5. The predicted octanol–water partition coefficient (Wildman–Crippen LogP) is 1.87. The molecule has 2 aliphatic heterocycles. The highest BCUT2D eigenvalue weighted by atomic mass is 16.2. The van der Waals surface area contributed by atoms with E-state index >= 15 is 0 Å². The quantitative estimate of drug-likeness (QED) is 0.926. The summed E-state index contributed by atoms with van der Waals surface area (Å²) >= 11 is 0. The van der Waals surface area contributed by atoms with Gasteiger partial charge in [-0.05, 0) is 25.3 Å².